The van der Waals surface area contributed by atoms with Crippen LogP contribution >= 0.6 is 11.6 Å². The summed E-state index contributed by atoms with van der Waals surface area (Å²) in [4.78, 5) is 0. The highest BCUT2D eigenvalue weighted by molar-refractivity contribution is 6.31. The van der Waals surface area contributed by atoms with E-state index in [0.717, 1.165) is 29.5 Å². The molecule has 0 aliphatic rings. The number of halogens is 1. The van der Waals surface area contributed by atoms with E-state index in [1.165, 1.54) is 0 Å². The molecule has 0 aliphatic heterocycles. The van der Waals surface area contributed by atoms with Crippen molar-refractivity contribution in [3.63, 3.8) is 0 Å². The first-order chi connectivity index (χ1) is 7.13. The number of benzene rings is 1. The lowest BCUT2D eigenvalue weighted by atomic mass is 10.2. The molecular formula is C12H18ClNO. The van der Waals surface area contributed by atoms with Crippen molar-refractivity contribution >= 4 is 11.6 Å². The van der Waals surface area contributed by atoms with Crippen molar-refractivity contribution in [1.82, 2.24) is 5.32 Å². The Bertz CT molecular complexity index is 312. The van der Waals surface area contributed by atoms with Crippen LogP contribution < -0.4 is 10.1 Å². The van der Waals surface area contributed by atoms with Crippen LogP contribution in [0.25, 0.3) is 0 Å². The fraction of sp³-hybridized carbons (Fsp3) is 0.500. The molecule has 1 N–H and O–H groups in total. The molecule has 0 fully saturated rings. The lowest BCUT2D eigenvalue weighted by Crippen LogP contribution is -2.07. The third kappa shape index (κ3) is 4.10. The summed E-state index contributed by atoms with van der Waals surface area (Å²) in [6, 6.07) is 5.83. The molecule has 1 aromatic rings. The highest BCUT2D eigenvalue weighted by Crippen LogP contribution is 2.22. The predicted octanol–water partition coefficient (Wildman–Crippen LogP) is 3.09. The van der Waals surface area contributed by atoms with Crippen molar-refractivity contribution < 1.29 is 4.74 Å². The number of hydrogen-bond acceptors (Lipinski definition) is 2. The minimum Gasteiger partial charge on any atom is -0.493 e. The standard InChI is InChI=1S/C12H18ClNO/c1-9(2)8-15-11-5-4-10(7-14-3)12(13)6-11/h4-6,9,14H,7-8H2,1-3H3. The molecule has 84 valence electrons. The second kappa shape index (κ2) is 5.99. The van der Waals surface area contributed by atoms with Crippen molar-refractivity contribution in [2.45, 2.75) is 20.4 Å². The highest BCUT2D eigenvalue weighted by Gasteiger charge is 2.02. The van der Waals surface area contributed by atoms with Crippen molar-refractivity contribution in [2.75, 3.05) is 13.7 Å². The van der Waals surface area contributed by atoms with Gasteiger partial charge in [-0.1, -0.05) is 31.5 Å². The number of nitrogens with one attached hydrogen (secondary N) is 1. The molecule has 0 saturated heterocycles. The lowest BCUT2D eigenvalue weighted by Gasteiger charge is -2.10. The molecule has 15 heavy (non-hydrogen) atoms. The Labute approximate surface area is 96.6 Å². The van der Waals surface area contributed by atoms with E-state index < -0.39 is 0 Å². The molecule has 0 unspecified atom stereocenters. The Morgan fingerprint density at radius 1 is 1.40 bits per heavy atom. The zero-order valence-electron chi connectivity index (χ0n) is 9.51. The molecule has 0 radical (unpaired) electrons. The van der Waals surface area contributed by atoms with E-state index in [4.69, 9.17) is 16.3 Å². The minimum atomic E-state index is 0.528. The third-order valence-electron chi connectivity index (χ3n) is 1.98. The van der Waals surface area contributed by atoms with Crippen LogP contribution in [0.3, 0.4) is 0 Å². The molecule has 0 aromatic heterocycles. The van der Waals surface area contributed by atoms with Gasteiger partial charge in [0, 0.05) is 11.6 Å². The van der Waals surface area contributed by atoms with E-state index in [0.29, 0.717) is 5.92 Å². The Morgan fingerprint density at radius 3 is 2.67 bits per heavy atom. The maximum absolute atomic E-state index is 6.10. The van der Waals surface area contributed by atoms with E-state index in [9.17, 15) is 0 Å². The monoisotopic (exact) mass is 227 g/mol. The van der Waals surface area contributed by atoms with E-state index in [1.807, 2.05) is 25.2 Å². The average Bonchev–Trinajstić information content (AvgIpc) is 2.19. The van der Waals surface area contributed by atoms with Crippen molar-refractivity contribution in [3.8, 4) is 5.75 Å². The van der Waals surface area contributed by atoms with Crippen molar-refractivity contribution in [3.05, 3.63) is 28.8 Å². The maximum atomic E-state index is 6.10. The summed E-state index contributed by atoms with van der Waals surface area (Å²) in [6.07, 6.45) is 0. The van der Waals surface area contributed by atoms with Gasteiger partial charge >= 0.3 is 0 Å². The first kappa shape index (κ1) is 12.3. The summed E-state index contributed by atoms with van der Waals surface area (Å²) in [5, 5.41) is 3.82. The third-order valence-corrected chi connectivity index (χ3v) is 2.33. The molecule has 0 aliphatic carbocycles. The van der Waals surface area contributed by atoms with Gasteiger partial charge in [0.15, 0.2) is 0 Å². The Kier molecular flexibility index (Phi) is 4.92. The number of rotatable bonds is 5. The molecule has 1 aromatic carbocycles. The van der Waals surface area contributed by atoms with E-state index in [-0.39, 0.29) is 0 Å². The molecule has 0 saturated carbocycles. The van der Waals surface area contributed by atoms with Crippen molar-refractivity contribution in [2.24, 2.45) is 5.92 Å². The van der Waals surface area contributed by atoms with Gasteiger partial charge in [-0.15, -0.1) is 0 Å². The second-order valence-electron chi connectivity index (χ2n) is 3.99. The van der Waals surface area contributed by atoms with Crippen LogP contribution in [-0.4, -0.2) is 13.7 Å². The number of hydrogen-bond donors (Lipinski definition) is 1. The van der Waals surface area contributed by atoms with Gasteiger partial charge in [0.1, 0.15) is 5.75 Å². The molecule has 1 rings (SSSR count). The van der Waals surface area contributed by atoms with Gasteiger partial charge in [-0.25, -0.2) is 0 Å². The number of ether oxygens (including phenoxy) is 1. The highest BCUT2D eigenvalue weighted by atomic mass is 35.5. The average molecular weight is 228 g/mol. The Hall–Kier alpha value is -0.730. The SMILES string of the molecule is CNCc1ccc(OCC(C)C)cc1Cl. The van der Waals surface area contributed by atoms with Crippen molar-refractivity contribution in [1.29, 1.82) is 0 Å². The first-order valence-electron chi connectivity index (χ1n) is 5.19. The topological polar surface area (TPSA) is 21.3 Å². The van der Waals surface area contributed by atoms with E-state index in [2.05, 4.69) is 19.2 Å². The lowest BCUT2D eigenvalue weighted by molar-refractivity contribution is 0.271. The minimum absolute atomic E-state index is 0.528. The van der Waals surface area contributed by atoms with Crippen LogP contribution in [0.15, 0.2) is 18.2 Å². The van der Waals surface area contributed by atoms with Crippen LogP contribution in [0, 0.1) is 5.92 Å². The van der Waals surface area contributed by atoms with Gasteiger partial charge in [0.05, 0.1) is 6.61 Å². The van der Waals surface area contributed by atoms with Crippen LogP contribution in [-0.2, 0) is 6.54 Å². The Morgan fingerprint density at radius 2 is 2.13 bits per heavy atom. The quantitative estimate of drug-likeness (QED) is 0.835. The molecule has 0 heterocycles. The maximum Gasteiger partial charge on any atom is 0.120 e. The van der Waals surface area contributed by atoms with Gasteiger partial charge in [0.2, 0.25) is 0 Å². The van der Waals surface area contributed by atoms with Gasteiger partial charge in [-0.05, 0) is 30.7 Å². The molecule has 0 spiro atoms. The molecule has 3 heteroatoms. The van der Waals surface area contributed by atoms with Gasteiger partial charge in [-0.3, -0.25) is 0 Å². The fourth-order valence-electron chi connectivity index (χ4n) is 1.21. The van der Waals surface area contributed by atoms with Gasteiger partial charge < -0.3 is 10.1 Å². The summed E-state index contributed by atoms with van der Waals surface area (Å²) in [6.45, 7) is 5.75. The summed E-state index contributed by atoms with van der Waals surface area (Å²) in [7, 11) is 1.90. The van der Waals surface area contributed by atoms with Gasteiger partial charge in [0.25, 0.3) is 0 Å². The van der Waals surface area contributed by atoms with Crippen LogP contribution in [0.1, 0.15) is 19.4 Å². The normalized spacial score (nSPS) is 10.7. The molecule has 0 bridgehead atoms. The summed E-state index contributed by atoms with van der Waals surface area (Å²) in [5.74, 6) is 1.37. The molecular weight excluding hydrogens is 210 g/mol. The fourth-order valence-corrected chi connectivity index (χ4v) is 1.45. The van der Waals surface area contributed by atoms with Crippen LogP contribution in [0.4, 0.5) is 0 Å². The molecule has 2 nitrogen and oxygen atoms in total. The smallest absolute Gasteiger partial charge is 0.120 e. The van der Waals surface area contributed by atoms with Gasteiger partial charge in [-0.2, -0.15) is 0 Å². The van der Waals surface area contributed by atoms with Crippen LogP contribution in [0.5, 0.6) is 5.75 Å². The zero-order valence-corrected chi connectivity index (χ0v) is 10.3. The second-order valence-corrected chi connectivity index (χ2v) is 4.40. The van der Waals surface area contributed by atoms with Crippen LogP contribution in [0.2, 0.25) is 5.02 Å². The summed E-state index contributed by atoms with van der Waals surface area (Å²) >= 11 is 6.10. The Balaban J connectivity index is 2.64. The van der Waals surface area contributed by atoms with E-state index >= 15 is 0 Å². The zero-order chi connectivity index (χ0) is 11.3. The summed E-state index contributed by atoms with van der Waals surface area (Å²) in [5.41, 5.74) is 1.09. The first-order valence-corrected chi connectivity index (χ1v) is 5.57. The predicted molar refractivity (Wildman–Crippen MR) is 64.5 cm³/mol. The largest absolute Gasteiger partial charge is 0.493 e. The molecule has 0 amide bonds. The molecule has 0 atom stereocenters. The summed E-state index contributed by atoms with van der Waals surface area (Å²) < 4.78 is 5.58. The van der Waals surface area contributed by atoms with E-state index in [1.54, 1.807) is 0 Å².